The minimum atomic E-state index is -4.04. The van der Waals surface area contributed by atoms with Crippen molar-refractivity contribution in [2.45, 2.75) is 36.2 Å². The second-order valence-electron chi connectivity index (χ2n) is 6.83. The van der Waals surface area contributed by atoms with Crippen LogP contribution in [0.5, 0.6) is 0 Å². The highest BCUT2D eigenvalue weighted by atomic mass is 35.5. The molecule has 1 heterocycles. The van der Waals surface area contributed by atoms with E-state index < -0.39 is 9.84 Å². The van der Waals surface area contributed by atoms with Crippen LogP contribution in [0, 0.1) is 0 Å². The molecule has 0 bridgehead atoms. The summed E-state index contributed by atoms with van der Waals surface area (Å²) < 4.78 is 29.8. The standard InChI is InChI=1S/C20H20Cl2N2O3S/c1-13(2)24-19(28(26,27)17-11-15(21)10-16(22)12-17)18(23(3)20(24)25)9-14-7-5-4-6-8-14/h4-8,10-13H,9H2,1-3H3. The number of benzene rings is 2. The summed E-state index contributed by atoms with van der Waals surface area (Å²) in [6, 6.07) is 13.2. The lowest BCUT2D eigenvalue weighted by Gasteiger charge is -2.14. The third-order valence-electron chi connectivity index (χ3n) is 4.50. The lowest BCUT2D eigenvalue weighted by molar-refractivity contribution is 0.513. The van der Waals surface area contributed by atoms with E-state index in [-0.39, 0.29) is 31.7 Å². The molecule has 1 aromatic heterocycles. The second kappa shape index (κ2) is 7.78. The maximum absolute atomic E-state index is 13.5. The molecular formula is C20H20Cl2N2O3S. The van der Waals surface area contributed by atoms with E-state index in [4.69, 9.17) is 23.2 Å². The molecule has 0 saturated carbocycles. The highest BCUT2D eigenvalue weighted by Gasteiger charge is 2.31. The van der Waals surface area contributed by atoms with Crippen molar-refractivity contribution in [3.05, 3.63) is 80.3 Å². The molecule has 0 fully saturated rings. The first-order chi connectivity index (χ1) is 13.1. The first-order valence-corrected chi connectivity index (χ1v) is 10.9. The molecule has 0 aliphatic rings. The van der Waals surface area contributed by atoms with Crippen LogP contribution in [0.4, 0.5) is 0 Å². The van der Waals surface area contributed by atoms with Gasteiger partial charge in [0.05, 0.1) is 10.6 Å². The summed E-state index contributed by atoms with van der Waals surface area (Å²) >= 11 is 12.1. The van der Waals surface area contributed by atoms with E-state index >= 15 is 0 Å². The van der Waals surface area contributed by atoms with Gasteiger partial charge in [-0.15, -0.1) is 0 Å². The molecule has 28 heavy (non-hydrogen) atoms. The van der Waals surface area contributed by atoms with Crippen molar-refractivity contribution in [3.63, 3.8) is 0 Å². The summed E-state index contributed by atoms with van der Waals surface area (Å²) in [5.74, 6) is 0. The normalized spacial score (nSPS) is 11.9. The summed E-state index contributed by atoms with van der Waals surface area (Å²) in [5.41, 5.74) is 0.938. The van der Waals surface area contributed by atoms with Gasteiger partial charge >= 0.3 is 5.69 Å². The molecule has 0 atom stereocenters. The van der Waals surface area contributed by atoms with Gasteiger partial charge in [0.1, 0.15) is 0 Å². The Balaban J connectivity index is 2.32. The van der Waals surface area contributed by atoms with E-state index in [1.807, 2.05) is 30.3 Å². The number of rotatable bonds is 5. The Morgan fingerprint density at radius 2 is 1.57 bits per heavy atom. The average molecular weight is 439 g/mol. The zero-order valence-corrected chi connectivity index (χ0v) is 18.0. The second-order valence-corrected chi connectivity index (χ2v) is 9.57. The topological polar surface area (TPSA) is 61.1 Å². The maximum Gasteiger partial charge on any atom is 0.329 e. The third kappa shape index (κ3) is 3.77. The van der Waals surface area contributed by atoms with Crippen LogP contribution in [-0.2, 0) is 23.3 Å². The van der Waals surface area contributed by atoms with Crippen molar-refractivity contribution < 1.29 is 8.42 Å². The number of imidazole rings is 1. The molecule has 148 valence electrons. The summed E-state index contributed by atoms with van der Waals surface area (Å²) in [6.45, 7) is 3.55. The SMILES string of the molecule is CC(C)n1c(S(=O)(=O)c2cc(Cl)cc(Cl)c2)c(Cc2ccccc2)n(C)c1=O. The van der Waals surface area contributed by atoms with E-state index in [9.17, 15) is 13.2 Å². The Morgan fingerprint density at radius 1 is 1.00 bits per heavy atom. The zero-order chi connectivity index (χ0) is 20.6. The molecule has 0 aliphatic carbocycles. The lowest BCUT2D eigenvalue weighted by atomic mass is 10.1. The van der Waals surface area contributed by atoms with Crippen molar-refractivity contribution in [2.24, 2.45) is 7.05 Å². The van der Waals surface area contributed by atoms with E-state index in [0.29, 0.717) is 12.1 Å². The quantitative estimate of drug-likeness (QED) is 0.588. The highest BCUT2D eigenvalue weighted by Crippen LogP contribution is 2.30. The number of aromatic nitrogens is 2. The Labute approximate surface area is 174 Å². The summed E-state index contributed by atoms with van der Waals surface area (Å²) in [4.78, 5) is 12.8. The molecule has 0 unspecified atom stereocenters. The summed E-state index contributed by atoms with van der Waals surface area (Å²) in [7, 11) is -2.45. The van der Waals surface area contributed by atoms with Gasteiger partial charge in [-0.3, -0.25) is 9.13 Å². The van der Waals surface area contributed by atoms with Crippen LogP contribution < -0.4 is 5.69 Å². The van der Waals surface area contributed by atoms with E-state index in [0.717, 1.165) is 5.56 Å². The fraction of sp³-hybridized carbons (Fsp3) is 0.250. The van der Waals surface area contributed by atoms with E-state index in [2.05, 4.69) is 0 Å². The van der Waals surface area contributed by atoms with Gasteiger partial charge in [-0.2, -0.15) is 0 Å². The van der Waals surface area contributed by atoms with Crippen molar-refractivity contribution in [1.29, 1.82) is 0 Å². The average Bonchev–Trinajstić information content (AvgIpc) is 2.87. The number of nitrogens with zero attached hydrogens (tertiary/aromatic N) is 2. The van der Waals surface area contributed by atoms with Crippen LogP contribution in [0.1, 0.15) is 31.1 Å². The molecule has 5 nitrogen and oxygen atoms in total. The molecule has 3 rings (SSSR count). The Hall–Kier alpha value is -2.02. The van der Waals surface area contributed by atoms with Crippen molar-refractivity contribution in [2.75, 3.05) is 0 Å². The van der Waals surface area contributed by atoms with Gasteiger partial charge in [-0.05, 0) is 37.6 Å². The minimum Gasteiger partial charge on any atom is -0.298 e. The molecule has 0 spiro atoms. The number of halogens is 2. The summed E-state index contributed by atoms with van der Waals surface area (Å²) in [5, 5.41) is 0.396. The summed E-state index contributed by atoms with van der Waals surface area (Å²) in [6.07, 6.45) is 0.301. The van der Waals surface area contributed by atoms with Crippen LogP contribution >= 0.6 is 23.2 Å². The lowest BCUT2D eigenvalue weighted by Crippen LogP contribution is -2.26. The van der Waals surface area contributed by atoms with Crippen molar-refractivity contribution in [3.8, 4) is 0 Å². The first-order valence-electron chi connectivity index (χ1n) is 8.68. The van der Waals surface area contributed by atoms with Crippen LogP contribution in [0.15, 0.2) is 63.2 Å². The molecule has 8 heteroatoms. The van der Waals surface area contributed by atoms with Crippen LogP contribution in [0.25, 0.3) is 0 Å². The maximum atomic E-state index is 13.5. The van der Waals surface area contributed by atoms with Crippen LogP contribution in [-0.4, -0.2) is 17.6 Å². The molecule has 3 aromatic rings. The highest BCUT2D eigenvalue weighted by molar-refractivity contribution is 7.91. The van der Waals surface area contributed by atoms with Gasteiger partial charge in [0.2, 0.25) is 9.84 Å². The molecule has 0 radical (unpaired) electrons. The van der Waals surface area contributed by atoms with Gasteiger partial charge in [-0.25, -0.2) is 13.2 Å². The van der Waals surface area contributed by atoms with Gasteiger partial charge in [0.15, 0.2) is 5.03 Å². The predicted molar refractivity (Wildman–Crippen MR) is 111 cm³/mol. The molecule has 0 aliphatic heterocycles. The van der Waals surface area contributed by atoms with Gasteiger partial charge in [-0.1, -0.05) is 53.5 Å². The number of hydrogen-bond acceptors (Lipinski definition) is 3. The fourth-order valence-corrected chi connectivity index (χ4v) is 5.68. The smallest absolute Gasteiger partial charge is 0.298 e. The largest absolute Gasteiger partial charge is 0.329 e. The Kier molecular flexibility index (Phi) is 5.75. The number of sulfone groups is 1. The van der Waals surface area contributed by atoms with E-state index in [1.54, 1.807) is 20.9 Å². The molecular weight excluding hydrogens is 419 g/mol. The molecule has 0 saturated heterocycles. The minimum absolute atomic E-state index is 0.0304. The van der Waals surface area contributed by atoms with Gasteiger partial charge < -0.3 is 0 Å². The van der Waals surface area contributed by atoms with Gasteiger partial charge in [0.25, 0.3) is 0 Å². The monoisotopic (exact) mass is 438 g/mol. The van der Waals surface area contributed by atoms with Crippen LogP contribution in [0.3, 0.4) is 0 Å². The fourth-order valence-electron chi connectivity index (χ4n) is 3.17. The first kappa shape index (κ1) is 20.7. The van der Waals surface area contributed by atoms with Crippen LogP contribution in [0.2, 0.25) is 10.0 Å². The molecule has 0 amide bonds. The molecule has 2 aromatic carbocycles. The Bertz CT molecular complexity index is 1160. The Morgan fingerprint density at radius 3 is 2.11 bits per heavy atom. The van der Waals surface area contributed by atoms with Gasteiger partial charge in [0, 0.05) is 29.6 Å². The van der Waals surface area contributed by atoms with Crippen molar-refractivity contribution in [1.82, 2.24) is 9.13 Å². The zero-order valence-electron chi connectivity index (χ0n) is 15.7. The van der Waals surface area contributed by atoms with E-state index in [1.165, 1.54) is 27.3 Å². The van der Waals surface area contributed by atoms with Crippen molar-refractivity contribution >= 4 is 33.0 Å². The number of hydrogen-bond donors (Lipinski definition) is 0. The third-order valence-corrected chi connectivity index (χ3v) is 6.73. The molecule has 0 N–H and O–H groups in total. The predicted octanol–water partition coefficient (Wildman–Crippen LogP) is 4.50.